The van der Waals surface area contributed by atoms with Crippen LogP contribution in [0.2, 0.25) is 0 Å². The summed E-state index contributed by atoms with van der Waals surface area (Å²) in [7, 11) is 1.99. The Morgan fingerprint density at radius 1 is 1.21 bits per heavy atom. The van der Waals surface area contributed by atoms with Gasteiger partial charge in [-0.05, 0) is 104 Å². The van der Waals surface area contributed by atoms with Gasteiger partial charge in [0.15, 0.2) is 0 Å². The first-order valence-electron chi connectivity index (χ1n) is 15.9. The number of carbonyl (C=O) groups excluding carboxylic acids is 2. The highest BCUT2D eigenvalue weighted by Gasteiger charge is 2.56. The monoisotopic (exact) mass is 639 g/mol. The molecular weight excluding hydrogens is 605 g/mol. The normalized spacial score (nSPS) is 16.9. The molecule has 9 nitrogen and oxygen atoms in total. The third kappa shape index (κ3) is 5.85. The number of hydrogen-bond acceptors (Lipinski definition) is 6. The highest BCUT2D eigenvalue weighted by atomic mass is 19.1. The number of amides is 2. The Morgan fingerprint density at radius 2 is 2.06 bits per heavy atom. The minimum Gasteiger partial charge on any atom is -0.330 e. The van der Waals surface area contributed by atoms with Crippen molar-refractivity contribution in [2.45, 2.75) is 37.6 Å². The lowest BCUT2D eigenvalue weighted by atomic mass is 9.97. The van der Waals surface area contributed by atoms with Crippen LogP contribution < -0.4 is 10.6 Å². The zero-order valence-corrected chi connectivity index (χ0v) is 26.6. The number of anilines is 2. The molecule has 1 aromatic heterocycles. The second kappa shape index (κ2) is 12.5. The molecule has 0 radical (unpaired) electrons. The van der Waals surface area contributed by atoms with Crippen molar-refractivity contribution in [1.29, 1.82) is 5.26 Å². The Hall–Kier alpha value is -5.66. The van der Waals surface area contributed by atoms with Crippen LogP contribution in [0.4, 0.5) is 15.8 Å². The van der Waals surface area contributed by atoms with Gasteiger partial charge >= 0.3 is 0 Å². The van der Waals surface area contributed by atoms with Gasteiger partial charge in [-0.3, -0.25) is 19.5 Å². The summed E-state index contributed by atoms with van der Waals surface area (Å²) in [5.74, 6) is 0.340. The van der Waals surface area contributed by atoms with Crippen LogP contribution in [0.15, 0.2) is 95.2 Å². The van der Waals surface area contributed by atoms with Crippen LogP contribution in [0, 0.1) is 17.1 Å². The molecule has 240 valence electrons. The number of nitriles is 1. The average molecular weight is 640 g/mol. The first-order chi connectivity index (χ1) is 23.3. The molecular formula is C38H34FN7O2. The van der Waals surface area contributed by atoms with Crippen LogP contribution >= 0.6 is 0 Å². The molecule has 1 aliphatic carbocycles. The summed E-state index contributed by atoms with van der Waals surface area (Å²) < 4.78 is 16.2. The third-order valence-corrected chi connectivity index (χ3v) is 9.53. The standard InChI is InChI=1S/C38H34FN7O2/c1-41-31(6-4-3-5-25-8-7-24(22-40)19-30(25)39)26-13-17-46(18-14-26)23-35-43-33-20-27(9-12-34(33)45(35)2)36(47)42-28-10-11-32-29(21-28)38(15-16-38)37(48)44-32/h3-4,6-13,19-21H,1,5,14-18,23H2,2H3,(H,42,47)(H,44,48)/b4-3-,31-6-. The summed E-state index contributed by atoms with van der Waals surface area (Å²) in [6.45, 7) is 5.94. The molecule has 0 saturated heterocycles. The quantitative estimate of drug-likeness (QED) is 0.164. The van der Waals surface area contributed by atoms with Gasteiger partial charge < -0.3 is 15.2 Å². The van der Waals surface area contributed by atoms with E-state index in [0.717, 1.165) is 71.7 Å². The van der Waals surface area contributed by atoms with E-state index in [1.165, 1.54) is 6.07 Å². The highest BCUT2D eigenvalue weighted by Crippen LogP contribution is 2.55. The van der Waals surface area contributed by atoms with Gasteiger partial charge in [-0.1, -0.05) is 24.3 Å². The number of carbonyl (C=O) groups is 2. The number of nitrogens with zero attached hydrogens (tertiary/aromatic N) is 5. The van der Waals surface area contributed by atoms with E-state index in [9.17, 15) is 14.0 Å². The van der Waals surface area contributed by atoms with Crippen LogP contribution in [0.25, 0.3) is 11.0 Å². The van der Waals surface area contributed by atoms with Crippen LogP contribution in [0.5, 0.6) is 0 Å². The van der Waals surface area contributed by atoms with Gasteiger partial charge in [0.2, 0.25) is 5.91 Å². The summed E-state index contributed by atoms with van der Waals surface area (Å²) in [6, 6.07) is 17.6. The van der Waals surface area contributed by atoms with E-state index in [1.54, 1.807) is 12.1 Å². The van der Waals surface area contributed by atoms with Gasteiger partial charge in [0.05, 0.1) is 40.3 Å². The van der Waals surface area contributed by atoms with Crippen LogP contribution in [-0.4, -0.2) is 46.1 Å². The molecule has 1 fully saturated rings. The molecule has 0 unspecified atom stereocenters. The molecule has 1 spiro atoms. The second-order valence-corrected chi connectivity index (χ2v) is 12.5. The smallest absolute Gasteiger partial charge is 0.255 e. The van der Waals surface area contributed by atoms with Gasteiger partial charge in [-0.25, -0.2) is 9.37 Å². The zero-order chi connectivity index (χ0) is 33.4. The Balaban J connectivity index is 0.979. The van der Waals surface area contributed by atoms with Crippen molar-refractivity contribution in [1.82, 2.24) is 14.5 Å². The Bertz CT molecular complexity index is 2130. The number of aliphatic imine (C=N–C) groups is 1. The minimum absolute atomic E-state index is 0.0503. The van der Waals surface area contributed by atoms with Gasteiger partial charge in [-0.15, -0.1) is 0 Å². The molecule has 7 rings (SSSR count). The van der Waals surface area contributed by atoms with Gasteiger partial charge in [-0.2, -0.15) is 5.26 Å². The van der Waals surface area contributed by atoms with Crippen molar-refractivity contribution in [3.05, 3.63) is 124 Å². The number of rotatable bonds is 9. The molecule has 3 aliphatic rings. The molecule has 0 bridgehead atoms. The summed E-state index contributed by atoms with van der Waals surface area (Å²) >= 11 is 0. The molecule has 2 aliphatic heterocycles. The third-order valence-electron chi connectivity index (χ3n) is 9.53. The first-order valence-corrected chi connectivity index (χ1v) is 15.9. The maximum Gasteiger partial charge on any atom is 0.255 e. The molecule has 2 amide bonds. The lowest BCUT2D eigenvalue weighted by Gasteiger charge is -2.26. The number of allylic oxidation sites excluding steroid dienone is 4. The van der Waals surface area contributed by atoms with Gasteiger partial charge in [0.25, 0.3) is 5.91 Å². The largest absolute Gasteiger partial charge is 0.330 e. The number of aryl methyl sites for hydroxylation is 1. The number of hydrogen-bond donors (Lipinski definition) is 2. The summed E-state index contributed by atoms with van der Waals surface area (Å²) in [5, 5.41) is 14.9. The summed E-state index contributed by atoms with van der Waals surface area (Å²) in [4.78, 5) is 37.0. The molecule has 3 heterocycles. The van der Waals surface area contributed by atoms with E-state index >= 15 is 0 Å². The van der Waals surface area contributed by atoms with Gasteiger partial charge in [0.1, 0.15) is 11.6 Å². The lowest BCUT2D eigenvalue weighted by molar-refractivity contribution is -0.117. The fraction of sp³-hybridized carbons (Fsp3) is 0.237. The molecule has 4 aromatic rings. The van der Waals surface area contributed by atoms with Crippen molar-refractivity contribution in [2.75, 3.05) is 23.7 Å². The summed E-state index contributed by atoms with van der Waals surface area (Å²) in [5.41, 5.74) is 6.99. The molecule has 48 heavy (non-hydrogen) atoms. The van der Waals surface area contributed by atoms with Crippen LogP contribution in [0.1, 0.15) is 52.1 Å². The van der Waals surface area contributed by atoms with Crippen LogP contribution in [-0.2, 0) is 30.2 Å². The van der Waals surface area contributed by atoms with Crippen molar-refractivity contribution < 1.29 is 14.0 Å². The summed E-state index contributed by atoms with van der Waals surface area (Å²) in [6.07, 6.45) is 10.6. The average Bonchev–Trinajstić information content (AvgIpc) is 3.79. The Labute approximate surface area is 277 Å². The number of benzene rings is 3. The van der Waals surface area contributed by atoms with Crippen LogP contribution in [0.3, 0.4) is 0 Å². The lowest BCUT2D eigenvalue weighted by Crippen LogP contribution is -2.29. The van der Waals surface area contributed by atoms with E-state index in [0.29, 0.717) is 35.3 Å². The van der Waals surface area contributed by atoms with E-state index < -0.39 is 5.41 Å². The Kier molecular flexibility index (Phi) is 8.07. The number of imidazole rings is 1. The van der Waals surface area contributed by atoms with Crippen molar-refractivity contribution >= 4 is 40.9 Å². The first kappa shape index (κ1) is 31.0. The van der Waals surface area contributed by atoms with E-state index in [2.05, 4.69) is 37.9 Å². The predicted molar refractivity (Wildman–Crippen MR) is 184 cm³/mol. The second-order valence-electron chi connectivity index (χ2n) is 12.5. The Morgan fingerprint density at radius 3 is 2.79 bits per heavy atom. The fourth-order valence-corrected chi connectivity index (χ4v) is 6.53. The highest BCUT2D eigenvalue weighted by molar-refractivity contribution is 6.10. The fourth-order valence-electron chi connectivity index (χ4n) is 6.53. The maximum absolute atomic E-state index is 14.2. The molecule has 2 N–H and O–H groups in total. The number of fused-ring (bicyclic) bond motifs is 3. The van der Waals surface area contributed by atoms with E-state index in [1.807, 2.05) is 67.7 Å². The number of halogens is 1. The zero-order valence-electron chi connectivity index (χ0n) is 26.6. The molecule has 3 aromatic carbocycles. The molecule has 0 atom stereocenters. The SMILES string of the molecule is C=N/C(=C\C=C/Cc1ccc(C#N)cc1F)C1=CCN(Cc2nc3cc(C(=O)Nc4ccc5c(c4)C4(CC4)C(=O)N5)ccc3n2C)CC1. The topological polar surface area (TPSA) is 115 Å². The van der Waals surface area contributed by atoms with E-state index in [4.69, 9.17) is 10.2 Å². The maximum atomic E-state index is 14.2. The predicted octanol–water partition coefficient (Wildman–Crippen LogP) is 6.34. The van der Waals surface area contributed by atoms with Crippen molar-refractivity contribution in [3.63, 3.8) is 0 Å². The van der Waals surface area contributed by atoms with Crippen molar-refractivity contribution in [2.24, 2.45) is 12.0 Å². The van der Waals surface area contributed by atoms with E-state index in [-0.39, 0.29) is 17.6 Å². The number of aromatic nitrogens is 2. The van der Waals surface area contributed by atoms with Gasteiger partial charge in [0, 0.05) is 37.1 Å². The number of nitrogens with one attached hydrogen (secondary N) is 2. The van der Waals surface area contributed by atoms with Crippen molar-refractivity contribution in [3.8, 4) is 6.07 Å². The molecule has 10 heteroatoms. The minimum atomic E-state index is -0.415. The molecule has 1 saturated carbocycles.